The summed E-state index contributed by atoms with van der Waals surface area (Å²) >= 11 is 17.8. The first kappa shape index (κ1) is 13.2. The number of rotatable bonds is 2. The Morgan fingerprint density at radius 3 is 2.11 bits per heavy atom. The average molecular weight is 300 g/mol. The second-order valence-electron chi connectivity index (χ2n) is 3.52. The van der Waals surface area contributed by atoms with Crippen LogP contribution in [0, 0.1) is 0 Å². The molecule has 2 aromatic carbocycles. The van der Waals surface area contributed by atoms with Crippen LogP contribution in [0.3, 0.4) is 0 Å². The molecule has 2 nitrogen and oxygen atoms in total. The lowest BCUT2D eigenvalue weighted by Crippen LogP contribution is -2.13. The molecule has 0 atom stereocenters. The fourth-order valence-corrected chi connectivity index (χ4v) is 2.02. The summed E-state index contributed by atoms with van der Waals surface area (Å²) < 4.78 is 3.69. The van der Waals surface area contributed by atoms with Crippen molar-refractivity contribution < 1.29 is 0 Å². The van der Waals surface area contributed by atoms with Gasteiger partial charge in [0, 0.05) is 17.3 Å². The molecule has 92 valence electrons. The van der Waals surface area contributed by atoms with Crippen LogP contribution in [-0.4, -0.2) is 5.84 Å². The van der Waals surface area contributed by atoms with Crippen molar-refractivity contribution >= 4 is 46.5 Å². The predicted molar refractivity (Wildman–Crippen MR) is 78.9 cm³/mol. The Bertz CT molecular complexity index is 582. The van der Waals surface area contributed by atoms with Gasteiger partial charge >= 0.3 is 0 Å². The number of halogens is 3. The van der Waals surface area contributed by atoms with E-state index in [9.17, 15) is 0 Å². The molecular formula is C13H9Cl3N2. The monoisotopic (exact) mass is 298 g/mol. The number of amidine groups is 1. The van der Waals surface area contributed by atoms with Crippen LogP contribution in [0.1, 0.15) is 5.56 Å². The number of nitrogens with one attached hydrogen (secondary N) is 1. The summed E-state index contributed by atoms with van der Waals surface area (Å²) in [4.78, 5) is 0. The highest BCUT2D eigenvalue weighted by Crippen LogP contribution is 2.23. The van der Waals surface area contributed by atoms with Crippen molar-refractivity contribution in [3.05, 3.63) is 64.1 Å². The summed E-state index contributed by atoms with van der Waals surface area (Å²) in [6, 6.07) is 14.6. The van der Waals surface area contributed by atoms with Gasteiger partial charge in [0.25, 0.3) is 0 Å². The molecule has 0 spiro atoms. The first-order valence-electron chi connectivity index (χ1n) is 5.18. The van der Waals surface area contributed by atoms with Gasteiger partial charge in [-0.3, -0.25) is 0 Å². The van der Waals surface area contributed by atoms with E-state index in [-0.39, 0.29) is 0 Å². The van der Waals surface area contributed by atoms with Crippen LogP contribution in [0.4, 0.5) is 5.69 Å². The van der Waals surface area contributed by atoms with Crippen LogP contribution in [-0.2, 0) is 0 Å². The SMILES string of the molecule is ClN=C(Nc1ccccc1Cl)c1ccccc1Cl. The van der Waals surface area contributed by atoms with E-state index in [1.54, 1.807) is 12.1 Å². The van der Waals surface area contributed by atoms with E-state index in [0.29, 0.717) is 21.4 Å². The van der Waals surface area contributed by atoms with Crippen LogP contribution in [0.25, 0.3) is 0 Å². The lowest BCUT2D eigenvalue weighted by atomic mass is 10.2. The fraction of sp³-hybridized carbons (Fsp3) is 0. The van der Waals surface area contributed by atoms with E-state index in [1.165, 1.54) is 0 Å². The van der Waals surface area contributed by atoms with Gasteiger partial charge in [-0.25, -0.2) is 0 Å². The van der Waals surface area contributed by atoms with E-state index >= 15 is 0 Å². The fourth-order valence-electron chi connectivity index (χ4n) is 1.48. The number of para-hydroxylation sites is 1. The van der Waals surface area contributed by atoms with Crippen molar-refractivity contribution in [2.45, 2.75) is 0 Å². The van der Waals surface area contributed by atoms with Gasteiger partial charge in [-0.15, -0.1) is 0 Å². The van der Waals surface area contributed by atoms with Crippen molar-refractivity contribution in [2.75, 3.05) is 5.32 Å². The molecule has 0 amide bonds. The van der Waals surface area contributed by atoms with E-state index < -0.39 is 0 Å². The number of nitrogens with zero attached hydrogens (tertiary/aromatic N) is 1. The standard InChI is InChI=1S/C13H9Cl3N2/c14-10-6-2-1-5-9(10)13(18-16)17-12-8-4-3-7-11(12)15/h1-8H,(H,17,18). The van der Waals surface area contributed by atoms with E-state index in [1.807, 2.05) is 36.4 Å². The van der Waals surface area contributed by atoms with Crippen LogP contribution in [0.15, 0.2) is 53.0 Å². The van der Waals surface area contributed by atoms with Gasteiger partial charge in [0.05, 0.1) is 15.7 Å². The first-order chi connectivity index (χ1) is 8.72. The predicted octanol–water partition coefficient (Wildman–Crippen LogP) is 5.01. The normalized spacial score (nSPS) is 11.4. The second kappa shape index (κ2) is 6.10. The minimum Gasteiger partial charge on any atom is -0.338 e. The maximum Gasteiger partial charge on any atom is 0.153 e. The van der Waals surface area contributed by atoms with Gasteiger partial charge in [0.2, 0.25) is 0 Å². The summed E-state index contributed by atoms with van der Waals surface area (Å²) in [5.74, 6) is 0.454. The Kier molecular flexibility index (Phi) is 4.48. The highest BCUT2D eigenvalue weighted by molar-refractivity contribution is 6.37. The third kappa shape index (κ3) is 2.96. The third-order valence-electron chi connectivity index (χ3n) is 2.34. The van der Waals surface area contributed by atoms with Gasteiger partial charge in [-0.1, -0.05) is 47.5 Å². The Morgan fingerprint density at radius 1 is 0.889 bits per heavy atom. The van der Waals surface area contributed by atoms with Crippen molar-refractivity contribution in [1.82, 2.24) is 0 Å². The van der Waals surface area contributed by atoms with Crippen molar-refractivity contribution in [3.8, 4) is 0 Å². The maximum atomic E-state index is 6.09. The molecule has 0 fully saturated rings. The molecule has 0 bridgehead atoms. The minimum atomic E-state index is 0.454. The summed E-state index contributed by atoms with van der Waals surface area (Å²) in [5.41, 5.74) is 1.44. The number of benzene rings is 2. The summed E-state index contributed by atoms with van der Waals surface area (Å²) in [6.45, 7) is 0. The lowest BCUT2D eigenvalue weighted by molar-refractivity contribution is 1.56. The van der Waals surface area contributed by atoms with Gasteiger partial charge in [0.1, 0.15) is 0 Å². The van der Waals surface area contributed by atoms with E-state index in [0.717, 1.165) is 5.69 Å². The molecule has 0 aliphatic rings. The molecule has 0 aromatic heterocycles. The molecule has 0 heterocycles. The van der Waals surface area contributed by atoms with Crippen molar-refractivity contribution in [1.29, 1.82) is 0 Å². The van der Waals surface area contributed by atoms with Crippen LogP contribution in [0.5, 0.6) is 0 Å². The molecule has 0 radical (unpaired) electrons. The highest BCUT2D eigenvalue weighted by Gasteiger charge is 2.09. The lowest BCUT2D eigenvalue weighted by Gasteiger charge is -2.11. The van der Waals surface area contributed by atoms with Crippen LogP contribution < -0.4 is 5.32 Å². The zero-order valence-electron chi connectivity index (χ0n) is 9.20. The van der Waals surface area contributed by atoms with E-state index in [4.69, 9.17) is 35.0 Å². The molecule has 1 N–H and O–H groups in total. The average Bonchev–Trinajstić information content (AvgIpc) is 2.39. The quantitative estimate of drug-likeness (QED) is 0.612. The Balaban J connectivity index is 2.33. The van der Waals surface area contributed by atoms with Gasteiger partial charge in [-0.05, 0) is 24.3 Å². The number of anilines is 1. The van der Waals surface area contributed by atoms with Gasteiger partial charge in [0.15, 0.2) is 5.84 Å². The first-order valence-corrected chi connectivity index (χ1v) is 6.27. The molecule has 0 aliphatic carbocycles. The topological polar surface area (TPSA) is 24.4 Å². The van der Waals surface area contributed by atoms with Crippen molar-refractivity contribution in [2.24, 2.45) is 4.51 Å². The largest absolute Gasteiger partial charge is 0.338 e. The number of hydrogen-bond acceptors (Lipinski definition) is 1. The molecule has 0 aliphatic heterocycles. The maximum absolute atomic E-state index is 6.09. The molecule has 2 rings (SSSR count). The number of hydrogen-bond donors (Lipinski definition) is 1. The highest BCUT2D eigenvalue weighted by atomic mass is 35.5. The third-order valence-corrected chi connectivity index (χ3v) is 3.17. The Morgan fingerprint density at radius 2 is 1.50 bits per heavy atom. The molecule has 2 aromatic rings. The zero-order chi connectivity index (χ0) is 13.0. The molecule has 5 heteroatoms. The molecule has 0 saturated carbocycles. The summed E-state index contributed by atoms with van der Waals surface area (Å²) in [5, 5.41) is 4.21. The second-order valence-corrected chi connectivity index (χ2v) is 4.50. The zero-order valence-corrected chi connectivity index (χ0v) is 11.5. The smallest absolute Gasteiger partial charge is 0.153 e. The Hall–Kier alpha value is -1.22. The molecule has 18 heavy (non-hydrogen) atoms. The minimum absolute atomic E-state index is 0.454. The Labute approximate surface area is 120 Å². The molecule has 0 unspecified atom stereocenters. The van der Waals surface area contributed by atoms with Crippen LogP contribution >= 0.6 is 35.0 Å². The molecular weight excluding hydrogens is 291 g/mol. The summed E-state index contributed by atoms with van der Waals surface area (Å²) in [7, 11) is 0. The molecule has 0 saturated heterocycles. The van der Waals surface area contributed by atoms with Crippen molar-refractivity contribution in [3.63, 3.8) is 0 Å². The summed E-state index contributed by atoms with van der Waals surface area (Å²) in [6.07, 6.45) is 0. The van der Waals surface area contributed by atoms with Gasteiger partial charge < -0.3 is 5.32 Å². The van der Waals surface area contributed by atoms with Crippen LogP contribution in [0.2, 0.25) is 10.0 Å². The van der Waals surface area contributed by atoms with Gasteiger partial charge in [-0.2, -0.15) is 4.51 Å². The van der Waals surface area contributed by atoms with E-state index in [2.05, 4.69) is 9.83 Å².